The number of ether oxygens (including phenoxy) is 2. The highest BCUT2D eigenvalue weighted by Gasteiger charge is 2.22. The molecule has 0 aliphatic carbocycles. The summed E-state index contributed by atoms with van der Waals surface area (Å²) in [7, 11) is -3.54. The van der Waals surface area contributed by atoms with E-state index >= 15 is 0 Å². The zero-order valence-corrected chi connectivity index (χ0v) is 20.0. The standard InChI is InChI=1S/C26H28N2O5S/c1-19-9-6-7-12-22(19)26(20-10-4-3-5-11-20)27-25(29)13-8-16-28(34(2,30)31)21-14-15-23-24(17-21)33-18-32-23/h3-7,9-12,14-15,17,26H,8,13,16,18H2,1-2H3,(H,27,29)/t26-/m0/s1. The van der Waals surface area contributed by atoms with Gasteiger partial charge < -0.3 is 14.8 Å². The van der Waals surface area contributed by atoms with Crippen LogP contribution in [0.5, 0.6) is 11.5 Å². The molecule has 1 heterocycles. The van der Waals surface area contributed by atoms with Crippen LogP contribution in [0.1, 0.15) is 35.6 Å². The highest BCUT2D eigenvalue weighted by Crippen LogP contribution is 2.36. The number of hydrogen-bond donors (Lipinski definition) is 1. The Morgan fingerprint density at radius 2 is 1.71 bits per heavy atom. The molecule has 0 saturated heterocycles. The van der Waals surface area contributed by atoms with Crippen molar-refractivity contribution < 1.29 is 22.7 Å². The summed E-state index contributed by atoms with van der Waals surface area (Å²) in [4.78, 5) is 12.9. The number of nitrogens with zero attached hydrogens (tertiary/aromatic N) is 1. The lowest BCUT2D eigenvalue weighted by molar-refractivity contribution is -0.121. The molecule has 3 aromatic carbocycles. The van der Waals surface area contributed by atoms with Gasteiger partial charge in [-0.15, -0.1) is 0 Å². The van der Waals surface area contributed by atoms with Crippen LogP contribution in [0.4, 0.5) is 5.69 Å². The summed E-state index contributed by atoms with van der Waals surface area (Å²) in [5.41, 5.74) is 3.58. The summed E-state index contributed by atoms with van der Waals surface area (Å²) in [6, 6.07) is 22.5. The molecule has 1 N–H and O–H groups in total. The Labute approximate surface area is 200 Å². The van der Waals surface area contributed by atoms with Crippen molar-refractivity contribution in [3.8, 4) is 11.5 Å². The van der Waals surface area contributed by atoms with Gasteiger partial charge in [0, 0.05) is 19.0 Å². The molecule has 0 fully saturated rings. The monoisotopic (exact) mass is 480 g/mol. The van der Waals surface area contributed by atoms with E-state index in [9.17, 15) is 13.2 Å². The minimum Gasteiger partial charge on any atom is -0.454 e. The second-order valence-electron chi connectivity index (χ2n) is 8.24. The Kier molecular flexibility index (Phi) is 7.07. The van der Waals surface area contributed by atoms with E-state index in [4.69, 9.17) is 9.47 Å². The summed E-state index contributed by atoms with van der Waals surface area (Å²) >= 11 is 0. The number of carbonyl (C=O) groups is 1. The fraction of sp³-hybridized carbons (Fsp3) is 0.269. The number of carbonyl (C=O) groups excluding carboxylic acids is 1. The molecule has 0 radical (unpaired) electrons. The maximum atomic E-state index is 12.9. The number of nitrogens with one attached hydrogen (secondary N) is 1. The van der Waals surface area contributed by atoms with Gasteiger partial charge in [0.05, 0.1) is 18.0 Å². The molecule has 0 saturated carbocycles. The first-order valence-electron chi connectivity index (χ1n) is 11.1. The number of fused-ring (bicyclic) bond motifs is 1. The van der Waals surface area contributed by atoms with Crippen molar-refractivity contribution >= 4 is 21.6 Å². The molecule has 4 rings (SSSR count). The first kappa shape index (κ1) is 23.6. The lowest BCUT2D eigenvalue weighted by Crippen LogP contribution is -2.33. The van der Waals surface area contributed by atoms with Gasteiger partial charge in [-0.3, -0.25) is 9.10 Å². The third kappa shape index (κ3) is 5.51. The van der Waals surface area contributed by atoms with Crippen LogP contribution < -0.4 is 19.1 Å². The number of aryl methyl sites for hydroxylation is 1. The minimum atomic E-state index is -3.54. The molecule has 178 valence electrons. The highest BCUT2D eigenvalue weighted by molar-refractivity contribution is 7.92. The third-order valence-electron chi connectivity index (χ3n) is 5.75. The Bertz CT molecular complexity index is 1260. The van der Waals surface area contributed by atoms with E-state index in [2.05, 4.69) is 5.32 Å². The lowest BCUT2D eigenvalue weighted by atomic mass is 9.95. The summed E-state index contributed by atoms with van der Waals surface area (Å²) in [5.74, 6) is 0.948. The second-order valence-corrected chi connectivity index (χ2v) is 10.2. The van der Waals surface area contributed by atoms with Crippen LogP contribution in [-0.4, -0.2) is 33.9 Å². The molecule has 0 aromatic heterocycles. The van der Waals surface area contributed by atoms with Crippen LogP contribution in [0.2, 0.25) is 0 Å². The number of rotatable bonds is 9. The van der Waals surface area contributed by atoms with E-state index in [1.165, 1.54) is 4.31 Å². The van der Waals surface area contributed by atoms with Gasteiger partial charge in [0.2, 0.25) is 22.7 Å². The molecule has 0 unspecified atom stereocenters. The summed E-state index contributed by atoms with van der Waals surface area (Å²) in [5, 5.41) is 3.13. The first-order chi connectivity index (χ1) is 16.3. The van der Waals surface area contributed by atoms with Crippen LogP contribution in [0.15, 0.2) is 72.8 Å². The Balaban J connectivity index is 1.44. The highest BCUT2D eigenvalue weighted by atomic mass is 32.2. The molecule has 0 spiro atoms. The summed E-state index contributed by atoms with van der Waals surface area (Å²) in [6.07, 6.45) is 1.70. The van der Waals surface area contributed by atoms with Gasteiger partial charge in [0.25, 0.3) is 0 Å². The number of amides is 1. The van der Waals surface area contributed by atoms with Crippen molar-refractivity contribution in [2.45, 2.75) is 25.8 Å². The van der Waals surface area contributed by atoms with Crippen molar-refractivity contribution in [1.29, 1.82) is 0 Å². The Hall–Kier alpha value is -3.52. The van der Waals surface area contributed by atoms with Gasteiger partial charge in [0.1, 0.15) is 0 Å². The fourth-order valence-electron chi connectivity index (χ4n) is 4.04. The molecule has 1 aliphatic rings. The molecule has 8 heteroatoms. The maximum Gasteiger partial charge on any atom is 0.232 e. The van der Waals surface area contributed by atoms with Crippen molar-refractivity contribution in [3.05, 3.63) is 89.5 Å². The van der Waals surface area contributed by atoms with E-state index in [1.807, 2.05) is 61.5 Å². The van der Waals surface area contributed by atoms with Crippen LogP contribution in [0.3, 0.4) is 0 Å². The maximum absolute atomic E-state index is 12.9. The minimum absolute atomic E-state index is 0.112. The molecule has 1 aliphatic heterocycles. The average Bonchev–Trinajstić information content (AvgIpc) is 3.28. The van der Waals surface area contributed by atoms with Gasteiger partial charge in [-0.05, 0) is 42.2 Å². The number of benzene rings is 3. The van der Waals surface area contributed by atoms with E-state index in [0.717, 1.165) is 22.9 Å². The van der Waals surface area contributed by atoms with Crippen molar-refractivity contribution in [1.82, 2.24) is 5.32 Å². The number of hydrogen-bond acceptors (Lipinski definition) is 5. The molecule has 1 atom stereocenters. The van der Waals surface area contributed by atoms with E-state index in [1.54, 1.807) is 18.2 Å². The van der Waals surface area contributed by atoms with Crippen LogP contribution in [-0.2, 0) is 14.8 Å². The van der Waals surface area contributed by atoms with Gasteiger partial charge in [-0.2, -0.15) is 0 Å². The molecule has 34 heavy (non-hydrogen) atoms. The predicted molar refractivity (Wildman–Crippen MR) is 132 cm³/mol. The average molecular weight is 481 g/mol. The van der Waals surface area contributed by atoms with E-state index in [0.29, 0.717) is 23.6 Å². The Morgan fingerprint density at radius 3 is 2.44 bits per heavy atom. The summed E-state index contributed by atoms with van der Waals surface area (Å²) < 4.78 is 36.9. The van der Waals surface area contributed by atoms with E-state index in [-0.39, 0.29) is 31.7 Å². The zero-order valence-electron chi connectivity index (χ0n) is 19.2. The molecule has 0 bridgehead atoms. The van der Waals surface area contributed by atoms with Crippen LogP contribution in [0, 0.1) is 6.92 Å². The van der Waals surface area contributed by atoms with Gasteiger partial charge in [-0.1, -0.05) is 54.6 Å². The number of anilines is 1. The predicted octanol–water partition coefficient (Wildman–Crippen LogP) is 4.18. The molecular weight excluding hydrogens is 452 g/mol. The first-order valence-corrected chi connectivity index (χ1v) is 12.9. The molecule has 1 amide bonds. The van der Waals surface area contributed by atoms with E-state index < -0.39 is 10.0 Å². The van der Waals surface area contributed by atoms with Crippen molar-refractivity contribution in [3.63, 3.8) is 0 Å². The normalized spacial score (nSPS) is 13.4. The van der Waals surface area contributed by atoms with Gasteiger partial charge in [-0.25, -0.2) is 8.42 Å². The third-order valence-corrected chi connectivity index (χ3v) is 6.94. The van der Waals surface area contributed by atoms with Crippen molar-refractivity contribution in [2.24, 2.45) is 0 Å². The quantitative estimate of drug-likeness (QED) is 0.497. The van der Waals surface area contributed by atoms with Crippen LogP contribution in [0.25, 0.3) is 0 Å². The van der Waals surface area contributed by atoms with Gasteiger partial charge >= 0.3 is 0 Å². The van der Waals surface area contributed by atoms with Crippen molar-refractivity contribution in [2.75, 3.05) is 23.9 Å². The molecule has 7 nitrogen and oxygen atoms in total. The number of sulfonamides is 1. The largest absolute Gasteiger partial charge is 0.454 e. The molecule has 3 aromatic rings. The summed E-state index contributed by atoms with van der Waals surface area (Å²) in [6.45, 7) is 2.31. The SMILES string of the molecule is Cc1ccccc1[C@@H](NC(=O)CCCN(c1ccc2c(c1)OCO2)S(C)(=O)=O)c1ccccc1. The smallest absolute Gasteiger partial charge is 0.232 e. The topological polar surface area (TPSA) is 84.9 Å². The van der Waals surface area contributed by atoms with Crippen LogP contribution >= 0.6 is 0 Å². The molecular formula is C26H28N2O5S. The second kappa shape index (κ2) is 10.2. The lowest BCUT2D eigenvalue weighted by Gasteiger charge is -2.24. The zero-order chi connectivity index (χ0) is 24.1. The van der Waals surface area contributed by atoms with Gasteiger partial charge in [0.15, 0.2) is 11.5 Å². The fourth-order valence-corrected chi connectivity index (χ4v) is 5.00. The Morgan fingerprint density at radius 1 is 1.00 bits per heavy atom.